The molecule has 0 spiro atoms. The van der Waals surface area contributed by atoms with Crippen molar-refractivity contribution in [1.29, 1.82) is 0 Å². The van der Waals surface area contributed by atoms with Gasteiger partial charge in [-0.05, 0) is 0 Å². The van der Waals surface area contributed by atoms with E-state index in [1.54, 1.807) is 0 Å². The van der Waals surface area contributed by atoms with Crippen LogP contribution in [0.25, 0.3) is 0 Å². The predicted octanol–water partition coefficient (Wildman–Crippen LogP) is 2.37. The van der Waals surface area contributed by atoms with Crippen molar-refractivity contribution in [3.8, 4) is 0 Å². The van der Waals surface area contributed by atoms with Gasteiger partial charge in [-0.3, -0.25) is 0 Å². The van der Waals surface area contributed by atoms with E-state index in [4.69, 9.17) is 0 Å². The monoisotopic (exact) mass is 264 g/mol. The molecule has 0 radical (unpaired) electrons. The van der Waals surface area contributed by atoms with Crippen molar-refractivity contribution in [2.24, 2.45) is 0 Å². The molecule has 0 amide bonds. The Kier molecular flexibility index (Phi) is 4.92. The average Bonchev–Trinajstić information content (AvgIpc) is 1.58. The van der Waals surface area contributed by atoms with Crippen LogP contribution >= 0.6 is 55.4 Å². The largest absolute Gasteiger partial charge is 0.126 e. The van der Waals surface area contributed by atoms with Gasteiger partial charge >= 0.3 is 0 Å². The van der Waals surface area contributed by atoms with Crippen LogP contribution in [0, 0.1) is 0 Å². The lowest BCUT2D eigenvalue weighted by molar-refractivity contribution is 0.694. The molecule has 6 unspecified atom stereocenters. The summed E-state index contributed by atoms with van der Waals surface area (Å²) in [7, 11) is 17.1. The molecule has 0 aromatic rings. The second-order valence-electron chi connectivity index (χ2n) is 3.43. The van der Waals surface area contributed by atoms with Gasteiger partial charge in [-0.15, -0.1) is 55.4 Å². The number of hydrogen-bond donors (Lipinski definition) is 0. The second-order valence-corrected chi connectivity index (χ2v) is 12.1. The SMILES string of the molecule is CC(P)(P)C(P)(P)C(C)(P)P. The molecule has 6 atom stereocenters. The molecule has 0 rings (SSSR count). The van der Waals surface area contributed by atoms with Crippen molar-refractivity contribution >= 4 is 55.4 Å². The molecule has 0 aliphatic rings. The number of rotatable bonds is 2. The van der Waals surface area contributed by atoms with E-state index >= 15 is 0 Å². The Balaban J connectivity index is 4.75. The van der Waals surface area contributed by atoms with Crippen molar-refractivity contribution in [3.05, 3.63) is 0 Å². The lowest BCUT2D eigenvalue weighted by atomic mass is 10.2. The third kappa shape index (κ3) is 3.32. The van der Waals surface area contributed by atoms with Crippen LogP contribution in [0.15, 0.2) is 0 Å². The number of hydrogen-bond acceptors (Lipinski definition) is 0. The zero-order valence-electron chi connectivity index (χ0n) is 6.96. The molecular formula is C5H18P6. The van der Waals surface area contributed by atoms with Crippen LogP contribution in [-0.4, -0.2) is 14.7 Å². The molecule has 0 aromatic carbocycles. The maximum Gasteiger partial charge on any atom is 0.0234 e. The van der Waals surface area contributed by atoms with Crippen LogP contribution < -0.4 is 0 Å². The fraction of sp³-hybridized carbons (Fsp3) is 1.00. The van der Waals surface area contributed by atoms with Gasteiger partial charge in [-0.2, -0.15) is 0 Å². The Morgan fingerprint density at radius 1 is 0.636 bits per heavy atom. The minimum absolute atomic E-state index is 0.0602. The Labute approximate surface area is 84.2 Å². The van der Waals surface area contributed by atoms with E-state index in [1.165, 1.54) is 0 Å². The quantitative estimate of drug-likeness (QED) is 0.672. The molecule has 0 N–H and O–H groups in total. The van der Waals surface area contributed by atoms with Crippen molar-refractivity contribution in [2.75, 3.05) is 0 Å². The minimum atomic E-state index is 0.0602. The molecule has 0 nitrogen and oxygen atoms in total. The van der Waals surface area contributed by atoms with Crippen molar-refractivity contribution in [1.82, 2.24) is 0 Å². The summed E-state index contributed by atoms with van der Waals surface area (Å²) in [5.74, 6) is 0. The van der Waals surface area contributed by atoms with E-state index in [0.29, 0.717) is 0 Å². The van der Waals surface area contributed by atoms with E-state index < -0.39 is 0 Å². The maximum atomic E-state index is 2.89. The van der Waals surface area contributed by atoms with Gasteiger partial charge in [-0.1, -0.05) is 13.8 Å². The lowest BCUT2D eigenvalue weighted by Crippen LogP contribution is -2.43. The predicted molar refractivity (Wildman–Crippen MR) is 77.8 cm³/mol. The van der Waals surface area contributed by atoms with Gasteiger partial charge in [0.05, 0.1) is 0 Å². The first kappa shape index (κ1) is 13.6. The highest BCUT2D eigenvalue weighted by Crippen LogP contribution is 2.59. The summed E-state index contributed by atoms with van der Waals surface area (Å²) < 4.78 is 0. The third-order valence-electron chi connectivity index (χ3n) is 1.78. The first-order chi connectivity index (χ1) is 4.50. The molecule has 0 heterocycles. The molecule has 11 heavy (non-hydrogen) atoms. The molecule has 0 bridgehead atoms. The Bertz CT molecular complexity index is 122. The van der Waals surface area contributed by atoms with Crippen LogP contribution in [0.5, 0.6) is 0 Å². The van der Waals surface area contributed by atoms with E-state index in [1.807, 2.05) is 0 Å². The second kappa shape index (κ2) is 3.98. The summed E-state index contributed by atoms with van der Waals surface area (Å²) in [5, 5.41) is 0. The minimum Gasteiger partial charge on any atom is -0.126 e. The maximum absolute atomic E-state index is 2.89. The first-order valence-corrected chi connectivity index (χ1v) is 6.70. The Hall–Kier alpha value is 2.58. The summed E-state index contributed by atoms with van der Waals surface area (Å²) in [6.45, 7) is 4.35. The van der Waals surface area contributed by atoms with Gasteiger partial charge in [0.15, 0.2) is 0 Å². The smallest absolute Gasteiger partial charge is 0.0234 e. The summed E-state index contributed by atoms with van der Waals surface area (Å²) in [4.78, 5) is 0.256. The van der Waals surface area contributed by atoms with Gasteiger partial charge < -0.3 is 0 Å². The van der Waals surface area contributed by atoms with Crippen molar-refractivity contribution in [3.63, 3.8) is 0 Å². The van der Waals surface area contributed by atoms with E-state index in [0.717, 1.165) is 0 Å². The summed E-state index contributed by atoms with van der Waals surface area (Å²) in [6.07, 6.45) is 0. The third-order valence-corrected chi connectivity index (χ3v) is 8.85. The highest BCUT2D eigenvalue weighted by Gasteiger charge is 2.43. The van der Waals surface area contributed by atoms with Crippen LogP contribution in [0.4, 0.5) is 0 Å². The molecule has 0 saturated heterocycles. The summed E-state index contributed by atoms with van der Waals surface area (Å²) in [6, 6.07) is 0. The van der Waals surface area contributed by atoms with Crippen LogP contribution in [0.2, 0.25) is 0 Å². The Morgan fingerprint density at radius 2 is 0.818 bits per heavy atom. The van der Waals surface area contributed by atoms with Crippen LogP contribution in [0.1, 0.15) is 13.8 Å². The zero-order valence-corrected chi connectivity index (χ0v) is 13.9. The molecule has 0 saturated carbocycles. The molecular weight excluding hydrogens is 246 g/mol. The fourth-order valence-corrected chi connectivity index (χ4v) is 2.49. The van der Waals surface area contributed by atoms with Crippen molar-refractivity contribution < 1.29 is 0 Å². The Morgan fingerprint density at radius 3 is 0.818 bits per heavy atom. The standard InChI is InChI=1S/C5H18P6/c1-3(6,7)5(10,11)4(2,8)9/h6-11H2,1-2H3. The normalized spacial score (nSPS) is 15.3. The fourth-order valence-electron chi connectivity index (χ4n) is 0.580. The first-order valence-electron chi connectivity index (χ1n) is 3.23. The topological polar surface area (TPSA) is 0 Å². The van der Waals surface area contributed by atoms with Crippen LogP contribution in [-0.2, 0) is 0 Å². The summed E-state index contributed by atoms with van der Waals surface area (Å²) >= 11 is 0. The lowest BCUT2D eigenvalue weighted by Gasteiger charge is -2.47. The van der Waals surface area contributed by atoms with Gasteiger partial charge in [0.25, 0.3) is 0 Å². The van der Waals surface area contributed by atoms with E-state index in [2.05, 4.69) is 69.3 Å². The van der Waals surface area contributed by atoms with Crippen LogP contribution in [0.3, 0.4) is 0 Å². The molecule has 0 aromatic heterocycles. The highest BCUT2D eigenvalue weighted by molar-refractivity contribution is 7.54. The van der Waals surface area contributed by atoms with Gasteiger partial charge in [0.2, 0.25) is 0 Å². The van der Waals surface area contributed by atoms with Crippen molar-refractivity contribution in [2.45, 2.75) is 28.5 Å². The van der Waals surface area contributed by atoms with Gasteiger partial charge in [-0.25, -0.2) is 0 Å². The highest BCUT2D eigenvalue weighted by atomic mass is 31.1. The molecule has 6 heteroatoms. The summed E-state index contributed by atoms with van der Waals surface area (Å²) in [5.41, 5.74) is 0. The molecule has 0 aliphatic heterocycles. The molecule has 68 valence electrons. The van der Waals surface area contributed by atoms with E-state index in [-0.39, 0.29) is 14.7 Å². The van der Waals surface area contributed by atoms with Gasteiger partial charge in [0, 0.05) is 14.7 Å². The average molecular weight is 264 g/mol. The molecule has 0 fully saturated rings. The van der Waals surface area contributed by atoms with Gasteiger partial charge in [0.1, 0.15) is 0 Å². The zero-order chi connectivity index (χ0) is 9.50. The van der Waals surface area contributed by atoms with E-state index in [9.17, 15) is 0 Å². The molecule has 0 aliphatic carbocycles.